The lowest BCUT2D eigenvalue weighted by Gasteiger charge is -2.21. The van der Waals surface area contributed by atoms with Crippen LogP contribution in [0, 0.1) is 0 Å². The monoisotopic (exact) mass is 328 g/mol. The zero-order valence-corrected chi connectivity index (χ0v) is 13.5. The summed E-state index contributed by atoms with van der Waals surface area (Å²) in [6.45, 7) is 4.76. The molecule has 0 fully saturated rings. The first-order chi connectivity index (χ1) is 8.95. The Labute approximate surface area is 123 Å². The largest absolute Gasteiger partial charge is 0.484 e. The van der Waals surface area contributed by atoms with Crippen molar-refractivity contribution in [3.8, 4) is 5.75 Å². The molecule has 19 heavy (non-hydrogen) atoms. The molecule has 1 aromatic carbocycles. The maximum atomic E-state index is 11.8. The number of halogens is 1. The second-order valence-electron chi connectivity index (χ2n) is 4.67. The van der Waals surface area contributed by atoms with Crippen molar-refractivity contribution < 1.29 is 9.53 Å². The molecule has 0 saturated carbocycles. The van der Waals surface area contributed by atoms with Gasteiger partial charge in [0.1, 0.15) is 5.75 Å². The van der Waals surface area contributed by atoms with Gasteiger partial charge in [0.25, 0.3) is 5.91 Å². The number of amides is 1. The second kappa shape index (κ2) is 7.50. The van der Waals surface area contributed by atoms with Gasteiger partial charge in [0.05, 0.1) is 0 Å². The molecule has 0 saturated heterocycles. The quantitative estimate of drug-likeness (QED) is 0.871. The van der Waals surface area contributed by atoms with Crippen LogP contribution in [0.2, 0.25) is 0 Å². The Kier molecular flexibility index (Phi) is 6.31. The fraction of sp³-hybridized carbons (Fsp3) is 0.500. The van der Waals surface area contributed by atoms with Gasteiger partial charge in [-0.25, -0.2) is 0 Å². The number of likely N-dealkylation sites (N-methyl/N-ethyl adjacent to an activating group) is 1. The van der Waals surface area contributed by atoms with Gasteiger partial charge in [-0.1, -0.05) is 15.9 Å². The van der Waals surface area contributed by atoms with Gasteiger partial charge in [-0.05, 0) is 44.7 Å². The molecule has 0 bridgehead atoms. The van der Waals surface area contributed by atoms with E-state index in [4.69, 9.17) is 4.74 Å². The van der Waals surface area contributed by atoms with Crippen LogP contribution >= 0.6 is 15.9 Å². The Hall–Kier alpha value is -1.07. The maximum Gasteiger partial charge on any atom is 0.260 e. The highest BCUT2D eigenvalue weighted by molar-refractivity contribution is 9.10. The summed E-state index contributed by atoms with van der Waals surface area (Å²) in [5.74, 6) is 0.687. The van der Waals surface area contributed by atoms with E-state index in [0.29, 0.717) is 5.75 Å². The third-order valence-electron chi connectivity index (χ3n) is 2.91. The fourth-order valence-electron chi connectivity index (χ4n) is 1.50. The highest BCUT2D eigenvalue weighted by Crippen LogP contribution is 2.22. The van der Waals surface area contributed by atoms with Crippen molar-refractivity contribution in [1.82, 2.24) is 10.2 Å². The summed E-state index contributed by atoms with van der Waals surface area (Å²) in [5, 5.41) is 3.09. The predicted octanol–water partition coefficient (Wildman–Crippen LogP) is 2.41. The molecule has 5 heteroatoms. The van der Waals surface area contributed by atoms with E-state index in [1.54, 1.807) is 11.9 Å². The molecule has 0 aliphatic rings. The van der Waals surface area contributed by atoms with Crippen molar-refractivity contribution >= 4 is 21.8 Å². The van der Waals surface area contributed by atoms with Crippen molar-refractivity contribution in [3.63, 3.8) is 0 Å². The molecular weight excluding hydrogens is 308 g/mol. The number of benzene rings is 1. The molecule has 1 N–H and O–H groups in total. The lowest BCUT2D eigenvalue weighted by atomic mass is 10.2. The number of hydrogen-bond donors (Lipinski definition) is 1. The Morgan fingerprint density at radius 3 is 2.74 bits per heavy atom. The number of hydrogen-bond acceptors (Lipinski definition) is 3. The Bertz CT molecular complexity index is 435. The molecule has 0 heterocycles. The summed E-state index contributed by atoms with van der Waals surface area (Å²) < 4.78 is 6.57. The van der Waals surface area contributed by atoms with Gasteiger partial charge in [-0.2, -0.15) is 0 Å². The minimum Gasteiger partial charge on any atom is -0.484 e. The molecular formula is C14H21BrN2O2. The summed E-state index contributed by atoms with van der Waals surface area (Å²) >= 11 is 3.48. The number of nitrogens with zero attached hydrogens (tertiary/aromatic N) is 1. The van der Waals surface area contributed by atoms with Crippen LogP contribution in [0.4, 0.5) is 0 Å². The van der Waals surface area contributed by atoms with Crippen LogP contribution in [0.3, 0.4) is 0 Å². The minimum absolute atomic E-state index is 0.0203. The van der Waals surface area contributed by atoms with E-state index in [9.17, 15) is 4.79 Å². The van der Waals surface area contributed by atoms with Crippen molar-refractivity contribution in [1.29, 1.82) is 0 Å². The van der Waals surface area contributed by atoms with Crippen LogP contribution < -0.4 is 10.1 Å². The Morgan fingerprint density at radius 1 is 1.47 bits per heavy atom. The summed E-state index contributed by atoms with van der Waals surface area (Å²) in [7, 11) is 3.67. The van der Waals surface area contributed by atoms with Crippen LogP contribution in [-0.4, -0.2) is 37.6 Å². The van der Waals surface area contributed by atoms with E-state index >= 15 is 0 Å². The molecule has 0 aliphatic carbocycles. The average Bonchev–Trinajstić information content (AvgIpc) is 2.38. The van der Waals surface area contributed by atoms with E-state index in [1.165, 1.54) is 0 Å². The third kappa shape index (κ3) is 4.84. The maximum absolute atomic E-state index is 11.8. The van der Waals surface area contributed by atoms with Crippen molar-refractivity contribution in [2.24, 2.45) is 0 Å². The number of carbonyl (C=O) groups is 1. The van der Waals surface area contributed by atoms with Gasteiger partial charge >= 0.3 is 0 Å². The first kappa shape index (κ1) is 16.0. The van der Waals surface area contributed by atoms with Crippen LogP contribution in [0.1, 0.15) is 19.4 Å². The first-order valence-electron chi connectivity index (χ1n) is 6.27. The number of ether oxygens (including phenoxy) is 1. The molecule has 0 atom stereocenters. The zero-order valence-electron chi connectivity index (χ0n) is 11.9. The van der Waals surface area contributed by atoms with Crippen LogP contribution in [0.5, 0.6) is 5.75 Å². The molecule has 4 nitrogen and oxygen atoms in total. The van der Waals surface area contributed by atoms with Crippen LogP contribution in [0.25, 0.3) is 0 Å². The third-order valence-corrected chi connectivity index (χ3v) is 3.69. The van der Waals surface area contributed by atoms with E-state index in [0.717, 1.165) is 16.6 Å². The topological polar surface area (TPSA) is 41.6 Å². The molecule has 0 spiro atoms. The van der Waals surface area contributed by atoms with Gasteiger partial charge in [-0.3, -0.25) is 4.79 Å². The van der Waals surface area contributed by atoms with E-state index in [-0.39, 0.29) is 18.6 Å². The number of rotatable bonds is 6. The van der Waals surface area contributed by atoms with Crippen molar-refractivity contribution in [2.45, 2.75) is 26.4 Å². The molecule has 0 radical (unpaired) electrons. The van der Waals surface area contributed by atoms with Gasteiger partial charge in [0, 0.05) is 24.1 Å². The van der Waals surface area contributed by atoms with Gasteiger partial charge in [-0.15, -0.1) is 0 Å². The van der Waals surface area contributed by atoms with Crippen LogP contribution in [0.15, 0.2) is 22.7 Å². The molecule has 106 valence electrons. The van der Waals surface area contributed by atoms with Gasteiger partial charge < -0.3 is 15.0 Å². The SMILES string of the molecule is CNCc1cc(OCC(=O)N(C)C(C)C)ccc1Br. The smallest absolute Gasteiger partial charge is 0.260 e. The summed E-state index contributed by atoms with van der Waals surface area (Å²) in [6.07, 6.45) is 0. The summed E-state index contributed by atoms with van der Waals surface area (Å²) in [5.41, 5.74) is 1.10. The molecule has 1 amide bonds. The molecule has 1 rings (SSSR count). The zero-order chi connectivity index (χ0) is 14.4. The minimum atomic E-state index is -0.0203. The Morgan fingerprint density at radius 2 is 2.16 bits per heavy atom. The van der Waals surface area contributed by atoms with E-state index in [1.807, 2.05) is 39.1 Å². The lowest BCUT2D eigenvalue weighted by Crippen LogP contribution is -2.36. The fourth-order valence-corrected chi connectivity index (χ4v) is 1.89. The molecule has 0 aliphatic heterocycles. The lowest BCUT2D eigenvalue weighted by molar-refractivity contribution is -0.133. The van der Waals surface area contributed by atoms with Gasteiger partial charge in [0.2, 0.25) is 0 Å². The van der Waals surface area contributed by atoms with E-state index < -0.39 is 0 Å². The molecule has 0 aromatic heterocycles. The van der Waals surface area contributed by atoms with Crippen LogP contribution in [-0.2, 0) is 11.3 Å². The standard InChI is InChI=1S/C14H21BrN2O2/c1-10(2)17(4)14(18)9-19-12-5-6-13(15)11(7-12)8-16-3/h5-7,10,16H,8-9H2,1-4H3. The number of carbonyl (C=O) groups excluding carboxylic acids is 1. The predicted molar refractivity (Wildman–Crippen MR) is 80.3 cm³/mol. The average molecular weight is 329 g/mol. The van der Waals surface area contributed by atoms with E-state index in [2.05, 4.69) is 21.2 Å². The summed E-state index contributed by atoms with van der Waals surface area (Å²) in [4.78, 5) is 13.5. The van der Waals surface area contributed by atoms with Crippen molar-refractivity contribution in [2.75, 3.05) is 20.7 Å². The number of nitrogens with one attached hydrogen (secondary N) is 1. The highest BCUT2D eigenvalue weighted by atomic mass is 79.9. The normalized spacial score (nSPS) is 10.6. The molecule has 0 unspecified atom stereocenters. The van der Waals surface area contributed by atoms with Crippen molar-refractivity contribution in [3.05, 3.63) is 28.2 Å². The summed E-state index contributed by atoms with van der Waals surface area (Å²) in [6, 6.07) is 5.90. The molecule has 1 aromatic rings. The second-order valence-corrected chi connectivity index (χ2v) is 5.52. The highest BCUT2D eigenvalue weighted by Gasteiger charge is 2.12. The van der Waals surface area contributed by atoms with Gasteiger partial charge in [0.15, 0.2) is 6.61 Å². The first-order valence-corrected chi connectivity index (χ1v) is 7.06. The Balaban J connectivity index is 2.63.